The number of fused-ring (bicyclic) bond motifs is 1. The standard InChI is InChI=1S/C23H26N6O/c1-14-17(11-24)6-5-7-19(14)15(2)26-23-20-10-22(29(4)18-8-9-30-13-18)25-12-21(20)16(3)27-28-23/h5-7,10,12,15,18H,8-9,13H2,1-4H3,(H,26,28)/t15-,18+/m1/s1. The van der Waals surface area contributed by atoms with Crippen LogP contribution in [0.15, 0.2) is 30.5 Å². The number of nitrogens with zero attached hydrogens (tertiary/aromatic N) is 5. The molecule has 0 radical (unpaired) electrons. The van der Waals surface area contributed by atoms with Crippen LogP contribution < -0.4 is 10.2 Å². The summed E-state index contributed by atoms with van der Waals surface area (Å²) in [4.78, 5) is 6.84. The Bertz CT molecular complexity index is 1120. The Kier molecular flexibility index (Phi) is 5.51. The molecule has 0 bridgehead atoms. The molecule has 1 fully saturated rings. The molecule has 3 heterocycles. The Balaban J connectivity index is 1.71. The lowest BCUT2D eigenvalue weighted by molar-refractivity contribution is 0.193. The number of aromatic nitrogens is 3. The van der Waals surface area contributed by atoms with E-state index in [9.17, 15) is 5.26 Å². The molecule has 1 aliphatic rings. The van der Waals surface area contributed by atoms with E-state index in [0.29, 0.717) is 17.4 Å². The van der Waals surface area contributed by atoms with Crippen molar-refractivity contribution in [2.75, 3.05) is 30.5 Å². The molecular formula is C23H26N6O. The van der Waals surface area contributed by atoms with Crippen molar-refractivity contribution >= 4 is 22.4 Å². The van der Waals surface area contributed by atoms with Gasteiger partial charge in [0.05, 0.1) is 36.0 Å². The summed E-state index contributed by atoms with van der Waals surface area (Å²) in [6.45, 7) is 7.50. The topological polar surface area (TPSA) is 87.0 Å². The van der Waals surface area contributed by atoms with Crippen LogP contribution in [0.3, 0.4) is 0 Å². The van der Waals surface area contributed by atoms with Gasteiger partial charge in [-0.2, -0.15) is 10.4 Å². The maximum absolute atomic E-state index is 9.35. The third-order valence-electron chi connectivity index (χ3n) is 5.97. The van der Waals surface area contributed by atoms with Crippen molar-refractivity contribution in [2.45, 2.75) is 39.3 Å². The molecule has 0 spiro atoms. The van der Waals surface area contributed by atoms with Crippen LogP contribution in [0.1, 0.15) is 41.8 Å². The molecule has 0 amide bonds. The first-order valence-corrected chi connectivity index (χ1v) is 10.2. The Morgan fingerprint density at radius 2 is 2.10 bits per heavy atom. The highest BCUT2D eigenvalue weighted by molar-refractivity contribution is 5.94. The van der Waals surface area contributed by atoms with Gasteiger partial charge in [0.25, 0.3) is 0 Å². The quantitative estimate of drug-likeness (QED) is 0.692. The van der Waals surface area contributed by atoms with Gasteiger partial charge in [0.15, 0.2) is 5.82 Å². The van der Waals surface area contributed by atoms with Crippen LogP contribution in [0.5, 0.6) is 0 Å². The van der Waals surface area contributed by atoms with E-state index >= 15 is 0 Å². The van der Waals surface area contributed by atoms with Crippen molar-refractivity contribution < 1.29 is 4.74 Å². The SMILES string of the molecule is Cc1c(C#N)cccc1[C@@H](C)Nc1nnc(C)c2cnc(N(C)[C@H]3CCOC3)cc12. The van der Waals surface area contributed by atoms with Gasteiger partial charge in [-0.25, -0.2) is 4.98 Å². The molecule has 4 rings (SSSR count). The van der Waals surface area contributed by atoms with Gasteiger partial charge < -0.3 is 15.0 Å². The highest BCUT2D eigenvalue weighted by atomic mass is 16.5. The molecule has 1 aliphatic heterocycles. The molecule has 0 aliphatic carbocycles. The summed E-state index contributed by atoms with van der Waals surface area (Å²) in [5.41, 5.74) is 3.58. The summed E-state index contributed by atoms with van der Waals surface area (Å²) in [5, 5.41) is 23.6. The van der Waals surface area contributed by atoms with Crippen molar-refractivity contribution in [3.8, 4) is 6.07 Å². The third kappa shape index (κ3) is 3.66. The second-order valence-corrected chi connectivity index (χ2v) is 7.85. The third-order valence-corrected chi connectivity index (χ3v) is 5.97. The fourth-order valence-electron chi connectivity index (χ4n) is 4.00. The first kappa shape index (κ1) is 20.0. The monoisotopic (exact) mass is 402 g/mol. The number of pyridine rings is 1. The van der Waals surface area contributed by atoms with Gasteiger partial charge in [-0.05, 0) is 50.5 Å². The molecule has 30 heavy (non-hydrogen) atoms. The maximum Gasteiger partial charge on any atom is 0.157 e. The van der Waals surface area contributed by atoms with Crippen LogP contribution in [-0.2, 0) is 4.74 Å². The molecule has 154 valence electrons. The average Bonchev–Trinajstić information content (AvgIpc) is 3.30. The van der Waals surface area contributed by atoms with Gasteiger partial charge in [-0.3, -0.25) is 0 Å². The summed E-state index contributed by atoms with van der Waals surface area (Å²) in [6, 6.07) is 10.4. The Hall–Kier alpha value is -3.24. The average molecular weight is 403 g/mol. The van der Waals surface area contributed by atoms with Crippen LogP contribution in [0.4, 0.5) is 11.6 Å². The lowest BCUT2D eigenvalue weighted by Gasteiger charge is -2.25. The van der Waals surface area contributed by atoms with Gasteiger partial charge in [-0.1, -0.05) is 12.1 Å². The molecule has 2 aromatic heterocycles. The second-order valence-electron chi connectivity index (χ2n) is 7.85. The second kappa shape index (κ2) is 8.25. The van der Waals surface area contributed by atoms with Gasteiger partial charge in [-0.15, -0.1) is 5.10 Å². The van der Waals surface area contributed by atoms with Crippen LogP contribution in [0.25, 0.3) is 10.8 Å². The van der Waals surface area contributed by atoms with Crippen molar-refractivity contribution in [3.63, 3.8) is 0 Å². The van der Waals surface area contributed by atoms with E-state index in [1.807, 2.05) is 38.2 Å². The minimum atomic E-state index is -0.0314. The molecule has 1 aromatic carbocycles. The van der Waals surface area contributed by atoms with E-state index in [4.69, 9.17) is 4.74 Å². The van der Waals surface area contributed by atoms with Crippen molar-refractivity contribution in [2.24, 2.45) is 0 Å². The van der Waals surface area contributed by atoms with E-state index in [-0.39, 0.29) is 6.04 Å². The number of rotatable bonds is 5. The molecule has 0 unspecified atom stereocenters. The number of likely N-dealkylation sites (N-methyl/N-ethyl adjacent to an activating group) is 1. The van der Waals surface area contributed by atoms with E-state index in [1.165, 1.54) is 0 Å². The highest BCUT2D eigenvalue weighted by Crippen LogP contribution is 2.30. The van der Waals surface area contributed by atoms with Gasteiger partial charge in [0.1, 0.15) is 5.82 Å². The van der Waals surface area contributed by atoms with Crippen LogP contribution >= 0.6 is 0 Å². The number of hydrogen-bond donors (Lipinski definition) is 1. The molecule has 0 saturated carbocycles. The predicted octanol–water partition coefficient (Wildman–Crippen LogP) is 3.91. The molecular weight excluding hydrogens is 376 g/mol. The zero-order chi connectivity index (χ0) is 21.3. The fraction of sp³-hybridized carbons (Fsp3) is 0.391. The predicted molar refractivity (Wildman–Crippen MR) is 118 cm³/mol. The Morgan fingerprint density at radius 3 is 2.83 bits per heavy atom. The molecule has 7 heteroatoms. The first-order chi connectivity index (χ1) is 14.5. The van der Waals surface area contributed by atoms with E-state index in [0.717, 1.165) is 53.0 Å². The smallest absolute Gasteiger partial charge is 0.157 e. The number of nitrogens with one attached hydrogen (secondary N) is 1. The van der Waals surface area contributed by atoms with Crippen molar-refractivity contribution in [3.05, 3.63) is 52.8 Å². The molecule has 1 saturated heterocycles. The summed E-state index contributed by atoms with van der Waals surface area (Å²) in [5.74, 6) is 1.60. The molecule has 3 aromatic rings. The fourth-order valence-corrected chi connectivity index (χ4v) is 4.00. The minimum absolute atomic E-state index is 0.0314. The zero-order valence-corrected chi connectivity index (χ0v) is 17.8. The van der Waals surface area contributed by atoms with Crippen LogP contribution in [-0.4, -0.2) is 41.5 Å². The lowest BCUT2D eigenvalue weighted by atomic mass is 9.98. The van der Waals surface area contributed by atoms with Crippen molar-refractivity contribution in [1.29, 1.82) is 5.26 Å². The van der Waals surface area contributed by atoms with Crippen LogP contribution in [0, 0.1) is 25.2 Å². The van der Waals surface area contributed by atoms with Crippen molar-refractivity contribution in [1.82, 2.24) is 15.2 Å². The number of nitriles is 1. The Morgan fingerprint density at radius 1 is 1.27 bits per heavy atom. The highest BCUT2D eigenvalue weighted by Gasteiger charge is 2.22. The number of ether oxygens (including phenoxy) is 1. The van der Waals surface area contributed by atoms with Gasteiger partial charge in [0, 0.05) is 30.6 Å². The first-order valence-electron chi connectivity index (χ1n) is 10.2. The number of hydrogen-bond acceptors (Lipinski definition) is 7. The maximum atomic E-state index is 9.35. The van der Waals surface area contributed by atoms with E-state index in [2.05, 4.69) is 51.5 Å². The number of anilines is 2. The largest absolute Gasteiger partial charge is 0.379 e. The summed E-state index contributed by atoms with van der Waals surface area (Å²) in [6.07, 6.45) is 2.87. The lowest BCUT2D eigenvalue weighted by Crippen LogP contribution is -2.32. The molecule has 7 nitrogen and oxygen atoms in total. The summed E-state index contributed by atoms with van der Waals surface area (Å²) >= 11 is 0. The normalized spacial score (nSPS) is 17.0. The minimum Gasteiger partial charge on any atom is -0.379 e. The number of aryl methyl sites for hydroxylation is 1. The van der Waals surface area contributed by atoms with Gasteiger partial charge >= 0.3 is 0 Å². The zero-order valence-electron chi connectivity index (χ0n) is 17.8. The Labute approximate surface area is 176 Å². The number of benzene rings is 1. The van der Waals surface area contributed by atoms with E-state index in [1.54, 1.807) is 0 Å². The molecule has 2 atom stereocenters. The molecule has 1 N–H and O–H groups in total. The van der Waals surface area contributed by atoms with Gasteiger partial charge in [0.2, 0.25) is 0 Å². The summed E-state index contributed by atoms with van der Waals surface area (Å²) in [7, 11) is 2.06. The van der Waals surface area contributed by atoms with E-state index < -0.39 is 0 Å². The summed E-state index contributed by atoms with van der Waals surface area (Å²) < 4.78 is 5.53. The van der Waals surface area contributed by atoms with Crippen LogP contribution in [0.2, 0.25) is 0 Å².